The molecule has 1 saturated carbocycles. The summed E-state index contributed by atoms with van der Waals surface area (Å²) in [4.78, 5) is 17.3. The molecular formula is C12H16N2O4. The van der Waals surface area contributed by atoms with Crippen LogP contribution in [-0.4, -0.2) is 41.4 Å². The number of anilines is 1. The lowest BCUT2D eigenvalue weighted by molar-refractivity contribution is -0.0120. The zero-order chi connectivity index (χ0) is 12.8. The molecule has 0 spiro atoms. The SMILES string of the molecule is CCOC(=O)c1coc(N2CC(O)(C3CC3)C2)n1. The van der Waals surface area contributed by atoms with Crippen LogP contribution >= 0.6 is 0 Å². The summed E-state index contributed by atoms with van der Waals surface area (Å²) in [5.74, 6) is -0.0567. The second kappa shape index (κ2) is 3.98. The highest BCUT2D eigenvalue weighted by atomic mass is 16.5. The molecule has 6 nitrogen and oxygen atoms in total. The molecule has 2 aliphatic rings. The normalized spacial score (nSPS) is 21.6. The summed E-state index contributed by atoms with van der Waals surface area (Å²) in [6, 6.07) is 0.378. The number of aliphatic hydroxyl groups is 1. The van der Waals surface area contributed by atoms with Crippen LogP contribution in [0.1, 0.15) is 30.3 Å². The molecule has 0 amide bonds. The summed E-state index contributed by atoms with van der Waals surface area (Å²) >= 11 is 0. The van der Waals surface area contributed by atoms with Crippen molar-refractivity contribution in [2.45, 2.75) is 25.4 Å². The molecule has 0 bridgehead atoms. The van der Waals surface area contributed by atoms with Gasteiger partial charge in [0.1, 0.15) is 11.9 Å². The minimum atomic E-state index is -0.585. The zero-order valence-electron chi connectivity index (χ0n) is 10.3. The van der Waals surface area contributed by atoms with Crippen LogP contribution in [0, 0.1) is 5.92 Å². The number of oxazole rings is 1. The van der Waals surface area contributed by atoms with Gasteiger partial charge < -0.3 is 19.2 Å². The Morgan fingerprint density at radius 1 is 1.67 bits per heavy atom. The maximum atomic E-state index is 11.4. The molecule has 1 saturated heterocycles. The van der Waals surface area contributed by atoms with E-state index in [-0.39, 0.29) is 5.69 Å². The number of ether oxygens (including phenoxy) is 1. The molecule has 1 N–H and O–H groups in total. The average Bonchev–Trinajstić information content (AvgIpc) is 3.04. The molecule has 0 atom stereocenters. The number of esters is 1. The van der Waals surface area contributed by atoms with E-state index in [1.54, 1.807) is 6.92 Å². The van der Waals surface area contributed by atoms with Crippen molar-refractivity contribution in [3.05, 3.63) is 12.0 Å². The lowest BCUT2D eigenvalue weighted by Crippen LogP contribution is -2.63. The predicted molar refractivity (Wildman–Crippen MR) is 62.3 cm³/mol. The molecule has 98 valence electrons. The van der Waals surface area contributed by atoms with Gasteiger partial charge in [-0.05, 0) is 25.7 Å². The third kappa shape index (κ3) is 1.86. The van der Waals surface area contributed by atoms with Gasteiger partial charge in [-0.15, -0.1) is 0 Å². The summed E-state index contributed by atoms with van der Waals surface area (Å²) in [7, 11) is 0. The van der Waals surface area contributed by atoms with Gasteiger partial charge in [0.2, 0.25) is 0 Å². The van der Waals surface area contributed by atoms with Crippen molar-refractivity contribution in [1.82, 2.24) is 4.98 Å². The van der Waals surface area contributed by atoms with Gasteiger partial charge >= 0.3 is 5.97 Å². The smallest absolute Gasteiger partial charge is 0.360 e. The quantitative estimate of drug-likeness (QED) is 0.799. The Morgan fingerprint density at radius 3 is 3.00 bits per heavy atom. The van der Waals surface area contributed by atoms with E-state index in [1.807, 2.05) is 4.90 Å². The minimum absolute atomic E-state index is 0.175. The maximum absolute atomic E-state index is 11.4. The number of rotatable bonds is 4. The van der Waals surface area contributed by atoms with E-state index in [0.29, 0.717) is 31.6 Å². The number of carbonyl (C=O) groups is 1. The largest absolute Gasteiger partial charge is 0.461 e. The number of aromatic nitrogens is 1. The van der Waals surface area contributed by atoms with Crippen molar-refractivity contribution in [2.75, 3.05) is 24.6 Å². The van der Waals surface area contributed by atoms with Gasteiger partial charge in [-0.2, -0.15) is 4.98 Å². The van der Waals surface area contributed by atoms with Crippen LogP contribution in [0.3, 0.4) is 0 Å². The maximum Gasteiger partial charge on any atom is 0.360 e. The summed E-state index contributed by atoms with van der Waals surface area (Å²) in [6.07, 6.45) is 3.50. The van der Waals surface area contributed by atoms with E-state index in [0.717, 1.165) is 12.8 Å². The van der Waals surface area contributed by atoms with E-state index in [2.05, 4.69) is 4.98 Å². The minimum Gasteiger partial charge on any atom is -0.461 e. The lowest BCUT2D eigenvalue weighted by atomic mass is 9.89. The number of hydrogen-bond donors (Lipinski definition) is 1. The molecule has 1 aromatic rings. The topological polar surface area (TPSA) is 75.8 Å². The van der Waals surface area contributed by atoms with Crippen LogP contribution < -0.4 is 4.90 Å². The van der Waals surface area contributed by atoms with E-state index < -0.39 is 11.6 Å². The Morgan fingerprint density at radius 2 is 2.39 bits per heavy atom. The fraction of sp³-hybridized carbons (Fsp3) is 0.667. The summed E-state index contributed by atoms with van der Waals surface area (Å²) in [5.41, 5.74) is -0.410. The van der Waals surface area contributed by atoms with E-state index in [4.69, 9.17) is 9.15 Å². The Hall–Kier alpha value is -1.56. The first-order valence-electron chi connectivity index (χ1n) is 6.22. The molecule has 0 unspecified atom stereocenters. The Labute approximate surface area is 105 Å². The second-order valence-corrected chi connectivity index (χ2v) is 4.97. The van der Waals surface area contributed by atoms with Gasteiger partial charge in [-0.25, -0.2) is 4.79 Å². The van der Waals surface area contributed by atoms with Crippen LogP contribution in [0.2, 0.25) is 0 Å². The highest BCUT2D eigenvalue weighted by molar-refractivity contribution is 5.87. The van der Waals surface area contributed by atoms with E-state index in [1.165, 1.54) is 6.26 Å². The fourth-order valence-electron chi connectivity index (χ4n) is 2.34. The van der Waals surface area contributed by atoms with E-state index >= 15 is 0 Å². The Kier molecular flexibility index (Phi) is 2.55. The molecule has 1 aromatic heterocycles. The molecule has 3 rings (SSSR count). The standard InChI is InChI=1S/C12H16N2O4/c1-2-17-10(15)9-5-18-11(13-9)14-6-12(16,7-14)8-3-4-8/h5,8,16H,2-4,6-7H2,1H3. The van der Waals surface area contributed by atoms with Crippen LogP contribution in [0.4, 0.5) is 6.01 Å². The Balaban J connectivity index is 1.63. The van der Waals surface area contributed by atoms with Gasteiger partial charge in [-0.1, -0.05) is 0 Å². The average molecular weight is 252 g/mol. The van der Waals surface area contributed by atoms with Crippen LogP contribution in [0.5, 0.6) is 0 Å². The fourth-order valence-corrected chi connectivity index (χ4v) is 2.34. The van der Waals surface area contributed by atoms with Crippen LogP contribution in [-0.2, 0) is 4.74 Å². The monoisotopic (exact) mass is 252 g/mol. The molecule has 2 heterocycles. The molecule has 0 radical (unpaired) electrons. The third-order valence-corrected chi connectivity index (χ3v) is 3.51. The molecular weight excluding hydrogens is 236 g/mol. The van der Waals surface area contributed by atoms with E-state index in [9.17, 15) is 9.90 Å². The van der Waals surface area contributed by atoms with Gasteiger partial charge in [0.25, 0.3) is 6.01 Å². The highest BCUT2D eigenvalue weighted by Gasteiger charge is 2.53. The first kappa shape index (κ1) is 11.5. The molecule has 6 heteroatoms. The number of nitrogens with zero attached hydrogens (tertiary/aromatic N) is 2. The molecule has 1 aliphatic heterocycles. The lowest BCUT2D eigenvalue weighted by Gasteiger charge is -2.46. The first-order valence-corrected chi connectivity index (χ1v) is 6.22. The number of hydrogen-bond acceptors (Lipinski definition) is 6. The van der Waals surface area contributed by atoms with Gasteiger partial charge in [-0.3, -0.25) is 0 Å². The Bertz CT molecular complexity index is 460. The van der Waals surface area contributed by atoms with Crippen molar-refractivity contribution < 1.29 is 19.1 Å². The summed E-state index contributed by atoms with van der Waals surface area (Å²) in [6.45, 7) is 3.11. The van der Waals surface area contributed by atoms with Crippen LogP contribution in [0.15, 0.2) is 10.7 Å². The van der Waals surface area contributed by atoms with Gasteiger partial charge in [0, 0.05) is 0 Å². The summed E-state index contributed by atoms with van der Waals surface area (Å²) < 4.78 is 10.1. The van der Waals surface area contributed by atoms with Gasteiger partial charge in [0.15, 0.2) is 5.69 Å². The third-order valence-electron chi connectivity index (χ3n) is 3.51. The van der Waals surface area contributed by atoms with Gasteiger partial charge in [0.05, 0.1) is 19.7 Å². The van der Waals surface area contributed by atoms with Crippen molar-refractivity contribution in [2.24, 2.45) is 5.92 Å². The van der Waals surface area contributed by atoms with Crippen LogP contribution in [0.25, 0.3) is 0 Å². The molecule has 1 aliphatic carbocycles. The number of carbonyl (C=O) groups excluding carboxylic acids is 1. The summed E-state index contributed by atoms with van der Waals surface area (Å²) in [5, 5.41) is 10.2. The molecule has 2 fully saturated rings. The molecule has 18 heavy (non-hydrogen) atoms. The molecule has 0 aromatic carbocycles. The van der Waals surface area contributed by atoms with Crippen molar-refractivity contribution in [3.8, 4) is 0 Å². The van der Waals surface area contributed by atoms with Crippen molar-refractivity contribution in [1.29, 1.82) is 0 Å². The van der Waals surface area contributed by atoms with Crippen molar-refractivity contribution in [3.63, 3.8) is 0 Å². The zero-order valence-corrected chi connectivity index (χ0v) is 10.3. The number of β-amino-alcohol motifs (C(OH)–C–C–N with tert-alkyl or cyclic N) is 1. The van der Waals surface area contributed by atoms with Crippen molar-refractivity contribution >= 4 is 12.0 Å². The predicted octanol–water partition coefficient (Wildman–Crippen LogP) is 0.812. The first-order chi connectivity index (χ1) is 8.62. The second-order valence-electron chi connectivity index (χ2n) is 4.97. The highest BCUT2D eigenvalue weighted by Crippen LogP contribution is 2.45.